The number of nitrogens with one attached hydrogen (secondary N) is 1. The van der Waals surface area contributed by atoms with Gasteiger partial charge in [-0.25, -0.2) is 0 Å². The number of aromatic nitrogens is 2. The lowest BCUT2D eigenvalue weighted by atomic mass is 10.1. The molecule has 1 aromatic carbocycles. The summed E-state index contributed by atoms with van der Waals surface area (Å²) in [4.78, 5) is 12.0. The summed E-state index contributed by atoms with van der Waals surface area (Å²) in [5.41, 5.74) is 2.81. The molecule has 0 atom stereocenters. The Bertz CT molecular complexity index is 652. The van der Waals surface area contributed by atoms with Gasteiger partial charge in [0.25, 0.3) is 5.91 Å². The van der Waals surface area contributed by atoms with E-state index in [9.17, 15) is 4.79 Å². The zero-order valence-electron chi connectivity index (χ0n) is 10.8. The summed E-state index contributed by atoms with van der Waals surface area (Å²) in [5.74, 6) is -0.198. The van der Waals surface area contributed by atoms with E-state index in [2.05, 4.69) is 10.4 Å². The van der Waals surface area contributed by atoms with Crippen LogP contribution in [0.1, 0.15) is 27.3 Å². The van der Waals surface area contributed by atoms with Crippen molar-refractivity contribution in [1.82, 2.24) is 15.1 Å². The van der Waals surface area contributed by atoms with Crippen molar-refractivity contribution in [2.24, 2.45) is 7.05 Å². The molecule has 0 fully saturated rings. The van der Waals surface area contributed by atoms with Crippen molar-refractivity contribution in [1.29, 1.82) is 5.26 Å². The number of aryl methyl sites for hydroxylation is 2. The van der Waals surface area contributed by atoms with E-state index in [0.717, 1.165) is 11.4 Å². The van der Waals surface area contributed by atoms with Crippen LogP contribution in [-0.2, 0) is 13.6 Å². The van der Waals surface area contributed by atoms with E-state index in [1.54, 1.807) is 28.9 Å². The SMILES string of the molecule is Cc1cc(CNC(=O)c2cccc(C#N)c2)n(C)n1. The van der Waals surface area contributed by atoms with E-state index in [1.807, 2.05) is 26.1 Å². The fourth-order valence-electron chi connectivity index (χ4n) is 1.83. The second-order valence-electron chi connectivity index (χ2n) is 4.28. The van der Waals surface area contributed by atoms with Gasteiger partial charge < -0.3 is 5.32 Å². The smallest absolute Gasteiger partial charge is 0.251 e. The molecule has 0 bridgehead atoms. The first-order chi connectivity index (χ1) is 9.10. The third kappa shape index (κ3) is 2.99. The predicted molar refractivity (Wildman–Crippen MR) is 70.3 cm³/mol. The average molecular weight is 254 g/mol. The fraction of sp³-hybridized carbons (Fsp3) is 0.214. The summed E-state index contributed by atoms with van der Waals surface area (Å²) >= 11 is 0. The fourth-order valence-corrected chi connectivity index (χ4v) is 1.83. The number of amides is 1. The Kier molecular flexibility index (Phi) is 3.62. The Hall–Kier alpha value is -2.61. The van der Waals surface area contributed by atoms with Crippen molar-refractivity contribution in [3.8, 4) is 6.07 Å². The van der Waals surface area contributed by atoms with Crippen molar-refractivity contribution in [2.75, 3.05) is 0 Å². The monoisotopic (exact) mass is 254 g/mol. The Morgan fingerprint density at radius 2 is 2.26 bits per heavy atom. The van der Waals surface area contributed by atoms with E-state index in [0.29, 0.717) is 17.7 Å². The molecule has 0 aliphatic heterocycles. The molecular formula is C14H14N4O. The summed E-state index contributed by atoms with van der Waals surface area (Å²) in [5, 5.41) is 15.8. The predicted octanol–water partition coefficient (Wildman–Crippen LogP) is 1.53. The van der Waals surface area contributed by atoms with E-state index in [1.165, 1.54) is 0 Å². The zero-order valence-corrected chi connectivity index (χ0v) is 10.8. The number of carbonyl (C=O) groups excluding carboxylic acids is 1. The van der Waals surface area contributed by atoms with Crippen LogP contribution in [0.25, 0.3) is 0 Å². The largest absolute Gasteiger partial charge is 0.346 e. The first-order valence-electron chi connectivity index (χ1n) is 5.88. The van der Waals surface area contributed by atoms with Crippen LogP contribution in [0.5, 0.6) is 0 Å². The Morgan fingerprint density at radius 1 is 1.47 bits per heavy atom. The lowest BCUT2D eigenvalue weighted by Crippen LogP contribution is -2.24. The number of benzene rings is 1. The minimum atomic E-state index is -0.198. The highest BCUT2D eigenvalue weighted by atomic mass is 16.1. The standard InChI is InChI=1S/C14H14N4O/c1-10-6-13(18(2)17-10)9-16-14(19)12-5-3-4-11(7-12)8-15/h3-7H,9H2,1-2H3,(H,16,19). The highest BCUT2D eigenvalue weighted by molar-refractivity contribution is 5.94. The van der Waals surface area contributed by atoms with E-state index >= 15 is 0 Å². The molecule has 1 aromatic heterocycles. The molecule has 0 aliphatic rings. The van der Waals surface area contributed by atoms with E-state index in [4.69, 9.17) is 5.26 Å². The maximum absolute atomic E-state index is 12.0. The van der Waals surface area contributed by atoms with Crippen molar-refractivity contribution in [3.63, 3.8) is 0 Å². The number of rotatable bonds is 3. The van der Waals surface area contributed by atoms with Gasteiger partial charge in [0.15, 0.2) is 0 Å². The van der Waals surface area contributed by atoms with Gasteiger partial charge in [-0.05, 0) is 31.2 Å². The van der Waals surface area contributed by atoms with Gasteiger partial charge in [0.1, 0.15) is 0 Å². The van der Waals surface area contributed by atoms with E-state index < -0.39 is 0 Å². The summed E-state index contributed by atoms with van der Waals surface area (Å²) in [7, 11) is 1.84. The summed E-state index contributed by atoms with van der Waals surface area (Å²) in [6.07, 6.45) is 0. The van der Waals surface area contributed by atoms with Crippen LogP contribution in [0, 0.1) is 18.3 Å². The highest BCUT2D eigenvalue weighted by Crippen LogP contribution is 2.05. The van der Waals surface area contributed by atoms with Gasteiger partial charge in [-0.1, -0.05) is 6.07 Å². The maximum Gasteiger partial charge on any atom is 0.251 e. The van der Waals surface area contributed by atoms with Crippen LogP contribution in [-0.4, -0.2) is 15.7 Å². The van der Waals surface area contributed by atoms with Gasteiger partial charge in [0.2, 0.25) is 0 Å². The van der Waals surface area contributed by atoms with Gasteiger partial charge >= 0.3 is 0 Å². The quantitative estimate of drug-likeness (QED) is 0.903. The number of hydrogen-bond donors (Lipinski definition) is 1. The number of carbonyl (C=O) groups is 1. The van der Waals surface area contributed by atoms with Gasteiger partial charge in [0.05, 0.1) is 29.6 Å². The molecule has 0 spiro atoms. The van der Waals surface area contributed by atoms with Gasteiger partial charge in [-0.3, -0.25) is 9.48 Å². The van der Waals surface area contributed by atoms with Crippen LogP contribution in [0.3, 0.4) is 0 Å². The number of nitrogens with zero attached hydrogens (tertiary/aromatic N) is 3. The molecule has 2 aromatic rings. The summed E-state index contributed by atoms with van der Waals surface area (Å²) in [6.45, 7) is 2.31. The minimum Gasteiger partial charge on any atom is -0.346 e. The second kappa shape index (κ2) is 5.36. The Balaban J connectivity index is 2.05. The number of nitriles is 1. The molecule has 5 nitrogen and oxygen atoms in total. The van der Waals surface area contributed by atoms with Gasteiger partial charge in [0, 0.05) is 12.6 Å². The minimum absolute atomic E-state index is 0.198. The third-order valence-corrected chi connectivity index (χ3v) is 2.78. The van der Waals surface area contributed by atoms with Gasteiger partial charge in [-0.2, -0.15) is 10.4 Å². The molecule has 0 saturated carbocycles. The van der Waals surface area contributed by atoms with Crippen LogP contribution < -0.4 is 5.32 Å². The Morgan fingerprint density at radius 3 is 2.89 bits per heavy atom. The van der Waals surface area contributed by atoms with Crippen LogP contribution in [0.2, 0.25) is 0 Å². The summed E-state index contributed by atoms with van der Waals surface area (Å²) < 4.78 is 1.74. The molecule has 0 unspecified atom stereocenters. The summed E-state index contributed by atoms with van der Waals surface area (Å²) in [6, 6.07) is 10.6. The first kappa shape index (κ1) is 12.8. The first-order valence-corrected chi connectivity index (χ1v) is 5.88. The van der Waals surface area contributed by atoms with Crippen molar-refractivity contribution < 1.29 is 4.79 Å². The molecular weight excluding hydrogens is 240 g/mol. The van der Waals surface area contributed by atoms with Crippen LogP contribution >= 0.6 is 0 Å². The maximum atomic E-state index is 12.0. The van der Waals surface area contributed by atoms with E-state index in [-0.39, 0.29) is 5.91 Å². The average Bonchev–Trinajstić information content (AvgIpc) is 2.74. The van der Waals surface area contributed by atoms with Crippen LogP contribution in [0.15, 0.2) is 30.3 Å². The van der Waals surface area contributed by atoms with Crippen molar-refractivity contribution in [3.05, 3.63) is 52.8 Å². The number of hydrogen-bond acceptors (Lipinski definition) is 3. The molecule has 2 rings (SSSR count). The third-order valence-electron chi connectivity index (χ3n) is 2.78. The molecule has 1 heterocycles. The highest BCUT2D eigenvalue weighted by Gasteiger charge is 2.08. The Labute approximate surface area is 111 Å². The topological polar surface area (TPSA) is 70.7 Å². The zero-order chi connectivity index (χ0) is 13.8. The molecule has 19 heavy (non-hydrogen) atoms. The normalized spacial score (nSPS) is 9.95. The molecule has 1 amide bonds. The van der Waals surface area contributed by atoms with Crippen molar-refractivity contribution >= 4 is 5.91 Å². The van der Waals surface area contributed by atoms with Gasteiger partial charge in [-0.15, -0.1) is 0 Å². The second-order valence-corrected chi connectivity index (χ2v) is 4.28. The molecule has 96 valence electrons. The van der Waals surface area contributed by atoms with Crippen LogP contribution in [0.4, 0.5) is 0 Å². The lowest BCUT2D eigenvalue weighted by molar-refractivity contribution is 0.0950. The molecule has 0 radical (unpaired) electrons. The molecule has 0 aliphatic carbocycles. The molecule has 5 heteroatoms. The molecule has 0 saturated heterocycles. The lowest BCUT2D eigenvalue weighted by Gasteiger charge is -2.05. The molecule has 1 N–H and O–H groups in total. The van der Waals surface area contributed by atoms with Crippen molar-refractivity contribution in [2.45, 2.75) is 13.5 Å².